The molecule has 0 bridgehead atoms. The highest BCUT2D eigenvalue weighted by Gasteiger charge is 2.09. The Morgan fingerprint density at radius 1 is 0.958 bits per heavy atom. The van der Waals surface area contributed by atoms with E-state index in [2.05, 4.69) is 39.5 Å². The van der Waals surface area contributed by atoms with Crippen LogP contribution >= 0.6 is 11.3 Å². The van der Waals surface area contributed by atoms with Crippen molar-refractivity contribution < 1.29 is 0 Å². The Balaban J connectivity index is 1.52. The van der Waals surface area contributed by atoms with Crippen LogP contribution in [0.1, 0.15) is 11.3 Å². The fourth-order valence-electron chi connectivity index (χ4n) is 2.37. The molecular weight excluding hydrogens is 318 g/mol. The van der Waals surface area contributed by atoms with Crippen molar-refractivity contribution in [2.45, 2.75) is 13.5 Å². The SMILES string of the molecule is Cc1ccc(-c2nnn(Cc3csc(-c4ccccc4)n3)n2)cc1. The standard InChI is InChI=1S/C18H15N5S/c1-13-7-9-14(10-8-13)17-20-22-23(21-17)11-16-12-24-18(19-16)15-5-3-2-4-6-15/h2-10,12H,11H2,1H3. The van der Waals surface area contributed by atoms with Crippen LogP contribution in [-0.4, -0.2) is 25.2 Å². The van der Waals surface area contributed by atoms with E-state index in [1.165, 1.54) is 5.56 Å². The highest BCUT2D eigenvalue weighted by Crippen LogP contribution is 2.23. The van der Waals surface area contributed by atoms with Crippen LogP contribution in [0.5, 0.6) is 0 Å². The first-order chi connectivity index (χ1) is 11.8. The van der Waals surface area contributed by atoms with Gasteiger partial charge in [0.05, 0.1) is 5.69 Å². The quantitative estimate of drug-likeness (QED) is 0.570. The summed E-state index contributed by atoms with van der Waals surface area (Å²) in [5, 5.41) is 15.8. The zero-order valence-corrected chi connectivity index (χ0v) is 13.9. The molecule has 0 atom stereocenters. The Morgan fingerprint density at radius 2 is 1.75 bits per heavy atom. The zero-order chi connectivity index (χ0) is 16.4. The fraction of sp³-hybridized carbons (Fsp3) is 0.111. The van der Waals surface area contributed by atoms with Crippen molar-refractivity contribution in [2.24, 2.45) is 0 Å². The zero-order valence-electron chi connectivity index (χ0n) is 13.1. The Labute approximate surface area is 143 Å². The Morgan fingerprint density at radius 3 is 2.54 bits per heavy atom. The molecule has 2 aromatic carbocycles. The van der Waals surface area contributed by atoms with Crippen LogP contribution in [0.25, 0.3) is 22.0 Å². The summed E-state index contributed by atoms with van der Waals surface area (Å²) >= 11 is 1.63. The van der Waals surface area contributed by atoms with Gasteiger partial charge in [-0.05, 0) is 12.1 Å². The van der Waals surface area contributed by atoms with E-state index in [9.17, 15) is 0 Å². The predicted octanol–water partition coefficient (Wildman–Crippen LogP) is 3.82. The van der Waals surface area contributed by atoms with Crippen molar-refractivity contribution in [3.05, 3.63) is 71.2 Å². The molecule has 4 rings (SSSR count). The maximum absolute atomic E-state index is 4.66. The van der Waals surface area contributed by atoms with Crippen molar-refractivity contribution in [1.82, 2.24) is 25.2 Å². The molecular formula is C18H15N5S. The molecule has 0 saturated heterocycles. The minimum atomic E-state index is 0.516. The first-order valence-electron chi connectivity index (χ1n) is 7.62. The van der Waals surface area contributed by atoms with Crippen molar-refractivity contribution in [2.75, 3.05) is 0 Å². The van der Waals surface area contributed by atoms with Gasteiger partial charge in [0.15, 0.2) is 0 Å². The van der Waals surface area contributed by atoms with E-state index in [0.29, 0.717) is 12.4 Å². The van der Waals surface area contributed by atoms with Gasteiger partial charge in [0.2, 0.25) is 5.82 Å². The third-order valence-electron chi connectivity index (χ3n) is 3.64. The van der Waals surface area contributed by atoms with Gasteiger partial charge in [-0.25, -0.2) is 4.98 Å². The second kappa shape index (κ2) is 6.33. The summed E-state index contributed by atoms with van der Waals surface area (Å²) in [6.45, 7) is 2.57. The molecule has 0 N–H and O–H groups in total. The predicted molar refractivity (Wildman–Crippen MR) is 94.6 cm³/mol. The lowest BCUT2D eigenvalue weighted by Crippen LogP contribution is -2.04. The summed E-state index contributed by atoms with van der Waals surface area (Å²) in [6.07, 6.45) is 0. The molecule has 0 fully saturated rings. The summed E-state index contributed by atoms with van der Waals surface area (Å²) in [6, 6.07) is 18.3. The lowest BCUT2D eigenvalue weighted by Gasteiger charge is -1.96. The molecule has 0 saturated carbocycles. The van der Waals surface area contributed by atoms with E-state index in [1.54, 1.807) is 16.1 Å². The van der Waals surface area contributed by atoms with Crippen LogP contribution in [0.15, 0.2) is 60.0 Å². The molecule has 0 radical (unpaired) electrons. The minimum absolute atomic E-state index is 0.516. The van der Waals surface area contributed by atoms with Gasteiger partial charge in [-0.3, -0.25) is 0 Å². The van der Waals surface area contributed by atoms with Crippen LogP contribution in [0, 0.1) is 6.92 Å². The van der Waals surface area contributed by atoms with E-state index in [1.807, 2.05) is 47.8 Å². The summed E-state index contributed by atoms with van der Waals surface area (Å²) in [5.41, 5.74) is 4.24. The van der Waals surface area contributed by atoms with E-state index in [-0.39, 0.29) is 0 Å². The summed E-state index contributed by atoms with van der Waals surface area (Å²) in [5.74, 6) is 0.633. The van der Waals surface area contributed by atoms with Gasteiger partial charge in [-0.15, -0.1) is 21.5 Å². The van der Waals surface area contributed by atoms with Gasteiger partial charge in [-0.1, -0.05) is 60.2 Å². The molecule has 24 heavy (non-hydrogen) atoms. The number of rotatable bonds is 4. The first-order valence-corrected chi connectivity index (χ1v) is 8.50. The van der Waals surface area contributed by atoms with Gasteiger partial charge in [-0.2, -0.15) is 4.80 Å². The molecule has 0 spiro atoms. The van der Waals surface area contributed by atoms with Gasteiger partial charge in [0.1, 0.15) is 11.6 Å². The number of hydrogen-bond acceptors (Lipinski definition) is 5. The van der Waals surface area contributed by atoms with E-state index in [0.717, 1.165) is 21.8 Å². The van der Waals surface area contributed by atoms with Crippen LogP contribution in [0.3, 0.4) is 0 Å². The number of tetrazole rings is 1. The molecule has 0 aliphatic carbocycles. The number of thiazole rings is 1. The van der Waals surface area contributed by atoms with E-state index < -0.39 is 0 Å². The van der Waals surface area contributed by atoms with E-state index in [4.69, 9.17) is 0 Å². The fourth-order valence-corrected chi connectivity index (χ4v) is 3.18. The molecule has 118 valence electrons. The Bertz CT molecular complexity index is 941. The van der Waals surface area contributed by atoms with Crippen molar-refractivity contribution >= 4 is 11.3 Å². The minimum Gasteiger partial charge on any atom is -0.239 e. The molecule has 4 aromatic rings. The van der Waals surface area contributed by atoms with Crippen LogP contribution in [0.4, 0.5) is 0 Å². The average molecular weight is 333 g/mol. The second-order valence-electron chi connectivity index (χ2n) is 5.52. The maximum atomic E-state index is 4.66. The van der Waals surface area contributed by atoms with Crippen LogP contribution in [0.2, 0.25) is 0 Å². The molecule has 2 heterocycles. The average Bonchev–Trinajstić information content (AvgIpc) is 3.27. The van der Waals surface area contributed by atoms with Crippen LogP contribution < -0.4 is 0 Å². The molecule has 0 aliphatic rings. The van der Waals surface area contributed by atoms with Gasteiger partial charge < -0.3 is 0 Å². The first kappa shape index (κ1) is 14.7. The van der Waals surface area contributed by atoms with Gasteiger partial charge in [0, 0.05) is 16.5 Å². The number of nitrogens with zero attached hydrogens (tertiary/aromatic N) is 5. The van der Waals surface area contributed by atoms with Crippen molar-refractivity contribution in [3.8, 4) is 22.0 Å². The smallest absolute Gasteiger partial charge is 0.204 e. The second-order valence-corrected chi connectivity index (χ2v) is 6.38. The summed E-state index contributed by atoms with van der Waals surface area (Å²) in [4.78, 5) is 6.24. The number of aryl methyl sites for hydroxylation is 1. The molecule has 0 unspecified atom stereocenters. The van der Waals surface area contributed by atoms with E-state index >= 15 is 0 Å². The molecule has 0 amide bonds. The molecule has 6 heteroatoms. The van der Waals surface area contributed by atoms with Crippen molar-refractivity contribution in [1.29, 1.82) is 0 Å². The molecule has 2 aromatic heterocycles. The number of benzene rings is 2. The van der Waals surface area contributed by atoms with Crippen molar-refractivity contribution in [3.63, 3.8) is 0 Å². The normalized spacial score (nSPS) is 10.9. The Hall–Kier alpha value is -2.86. The topological polar surface area (TPSA) is 56.5 Å². The molecule has 5 nitrogen and oxygen atoms in total. The van der Waals surface area contributed by atoms with Crippen LogP contribution in [-0.2, 0) is 6.54 Å². The van der Waals surface area contributed by atoms with Gasteiger partial charge >= 0.3 is 0 Å². The third kappa shape index (κ3) is 3.09. The Kier molecular flexibility index (Phi) is 3.88. The largest absolute Gasteiger partial charge is 0.239 e. The third-order valence-corrected chi connectivity index (χ3v) is 4.58. The highest BCUT2D eigenvalue weighted by molar-refractivity contribution is 7.13. The molecule has 0 aliphatic heterocycles. The number of aromatic nitrogens is 5. The van der Waals surface area contributed by atoms with Gasteiger partial charge in [0.25, 0.3) is 0 Å². The summed E-state index contributed by atoms with van der Waals surface area (Å²) < 4.78 is 0. The lowest BCUT2D eigenvalue weighted by atomic mass is 10.1. The number of hydrogen-bond donors (Lipinski definition) is 0. The summed E-state index contributed by atoms with van der Waals surface area (Å²) in [7, 11) is 0. The lowest BCUT2D eigenvalue weighted by molar-refractivity contribution is 0.566. The maximum Gasteiger partial charge on any atom is 0.204 e. The monoisotopic (exact) mass is 333 g/mol. The highest BCUT2D eigenvalue weighted by atomic mass is 32.1.